The van der Waals surface area contributed by atoms with Crippen molar-refractivity contribution >= 4 is 0 Å². The van der Waals surface area contributed by atoms with Gasteiger partial charge in [-0.05, 0) is 49.4 Å². The minimum absolute atomic E-state index is 0.0877. The minimum atomic E-state index is -4.77. The van der Waals surface area contributed by atoms with Gasteiger partial charge in [0.1, 0.15) is 23.1 Å². The van der Waals surface area contributed by atoms with E-state index < -0.39 is 17.6 Å². The minimum Gasteiger partial charge on any atom is -0.457 e. The van der Waals surface area contributed by atoms with Crippen LogP contribution in [-0.2, 0) is 6.18 Å². The van der Waals surface area contributed by atoms with E-state index in [1.54, 1.807) is 36.7 Å². The predicted octanol–water partition coefficient (Wildman–Crippen LogP) is 5.13. The molecule has 0 aliphatic carbocycles. The molecule has 0 amide bonds. The number of halogens is 4. The fraction of sp³-hybridized carbons (Fsp3) is 0.118. The molecular formula is C17H12F4N2O. The van der Waals surface area contributed by atoms with Crippen molar-refractivity contribution in [1.29, 1.82) is 0 Å². The molecule has 0 aliphatic rings. The maximum absolute atomic E-state index is 13.3. The Balaban J connectivity index is 1.83. The highest BCUT2D eigenvalue weighted by Gasteiger charge is 2.34. The van der Waals surface area contributed by atoms with Crippen LogP contribution < -0.4 is 4.74 Å². The van der Waals surface area contributed by atoms with Crippen molar-refractivity contribution in [2.45, 2.75) is 13.1 Å². The summed E-state index contributed by atoms with van der Waals surface area (Å²) in [7, 11) is 0. The predicted molar refractivity (Wildman–Crippen MR) is 79.8 cm³/mol. The Hall–Kier alpha value is -2.83. The van der Waals surface area contributed by atoms with Crippen molar-refractivity contribution in [1.82, 2.24) is 9.55 Å². The van der Waals surface area contributed by atoms with E-state index in [4.69, 9.17) is 4.74 Å². The molecule has 0 bridgehead atoms. The Morgan fingerprint density at radius 3 is 2.25 bits per heavy atom. The first-order chi connectivity index (χ1) is 11.3. The van der Waals surface area contributed by atoms with E-state index in [1.807, 2.05) is 11.5 Å². The lowest BCUT2D eigenvalue weighted by Crippen LogP contribution is -2.08. The largest absolute Gasteiger partial charge is 0.457 e. The number of hydrogen-bond acceptors (Lipinski definition) is 2. The number of rotatable bonds is 3. The molecule has 124 valence electrons. The summed E-state index contributed by atoms with van der Waals surface area (Å²) in [4.78, 5) is 4.11. The van der Waals surface area contributed by atoms with Crippen molar-refractivity contribution in [2.24, 2.45) is 0 Å². The average molecular weight is 336 g/mol. The van der Waals surface area contributed by atoms with Crippen LogP contribution in [0.1, 0.15) is 11.4 Å². The molecule has 0 unspecified atom stereocenters. The Labute approximate surface area is 135 Å². The number of nitrogens with zero attached hydrogens (tertiary/aromatic N) is 2. The number of benzene rings is 2. The molecule has 0 spiro atoms. The van der Waals surface area contributed by atoms with Crippen LogP contribution >= 0.6 is 0 Å². The van der Waals surface area contributed by atoms with Crippen LogP contribution in [0.15, 0.2) is 54.9 Å². The second kappa shape index (κ2) is 5.99. The van der Waals surface area contributed by atoms with Gasteiger partial charge in [0.25, 0.3) is 0 Å². The molecule has 0 fully saturated rings. The van der Waals surface area contributed by atoms with Crippen LogP contribution in [0.4, 0.5) is 17.6 Å². The van der Waals surface area contributed by atoms with Gasteiger partial charge in [-0.15, -0.1) is 0 Å². The summed E-state index contributed by atoms with van der Waals surface area (Å²) in [6, 6.07) is 9.26. The maximum Gasteiger partial charge on any atom is 0.419 e. The molecule has 2 aromatic carbocycles. The third-order valence-electron chi connectivity index (χ3n) is 3.42. The Kier molecular flexibility index (Phi) is 4.01. The Bertz CT molecular complexity index is 854. The summed E-state index contributed by atoms with van der Waals surface area (Å²) in [5, 5.41) is 0. The SMILES string of the molecule is Cc1nccn1-c1ccc(Oc2ccc(F)c(C(F)(F)F)c2)cc1. The highest BCUT2D eigenvalue weighted by Crippen LogP contribution is 2.34. The third-order valence-corrected chi connectivity index (χ3v) is 3.42. The lowest BCUT2D eigenvalue weighted by molar-refractivity contribution is -0.140. The first-order valence-electron chi connectivity index (χ1n) is 6.99. The molecule has 0 saturated carbocycles. The quantitative estimate of drug-likeness (QED) is 0.620. The summed E-state index contributed by atoms with van der Waals surface area (Å²) in [6.07, 6.45) is -1.32. The van der Waals surface area contributed by atoms with E-state index >= 15 is 0 Å². The van der Waals surface area contributed by atoms with Gasteiger partial charge in [-0.3, -0.25) is 0 Å². The zero-order chi connectivity index (χ0) is 17.3. The van der Waals surface area contributed by atoms with Crippen molar-refractivity contribution < 1.29 is 22.3 Å². The fourth-order valence-corrected chi connectivity index (χ4v) is 2.25. The molecule has 0 radical (unpaired) electrons. The van der Waals surface area contributed by atoms with E-state index in [-0.39, 0.29) is 5.75 Å². The lowest BCUT2D eigenvalue weighted by Gasteiger charge is -2.12. The van der Waals surface area contributed by atoms with Crippen LogP contribution in [0.25, 0.3) is 5.69 Å². The van der Waals surface area contributed by atoms with Gasteiger partial charge < -0.3 is 9.30 Å². The molecule has 7 heteroatoms. The molecule has 0 N–H and O–H groups in total. The van der Waals surface area contributed by atoms with Crippen molar-refractivity contribution in [3.8, 4) is 17.2 Å². The Morgan fingerprint density at radius 1 is 1.00 bits per heavy atom. The second-order valence-corrected chi connectivity index (χ2v) is 5.08. The molecule has 1 heterocycles. The first-order valence-corrected chi connectivity index (χ1v) is 6.99. The summed E-state index contributed by atoms with van der Waals surface area (Å²) in [5.41, 5.74) is -0.516. The van der Waals surface area contributed by atoms with Gasteiger partial charge in [0.2, 0.25) is 0 Å². The van der Waals surface area contributed by atoms with Crippen LogP contribution in [0.2, 0.25) is 0 Å². The summed E-state index contributed by atoms with van der Waals surface area (Å²) < 4.78 is 58.6. The molecule has 3 nitrogen and oxygen atoms in total. The fourth-order valence-electron chi connectivity index (χ4n) is 2.25. The summed E-state index contributed by atoms with van der Waals surface area (Å²) >= 11 is 0. The number of ether oxygens (including phenoxy) is 1. The van der Waals surface area contributed by atoms with E-state index in [0.717, 1.165) is 23.6 Å². The van der Waals surface area contributed by atoms with Gasteiger partial charge in [-0.1, -0.05) is 0 Å². The number of aromatic nitrogens is 2. The van der Waals surface area contributed by atoms with Crippen molar-refractivity contribution in [3.63, 3.8) is 0 Å². The molecule has 0 atom stereocenters. The second-order valence-electron chi connectivity index (χ2n) is 5.08. The number of aryl methyl sites for hydroxylation is 1. The van der Waals surface area contributed by atoms with Crippen LogP contribution in [0.5, 0.6) is 11.5 Å². The highest BCUT2D eigenvalue weighted by atomic mass is 19.4. The zero-order valence-electron chi connectivity index (χ0n) is 12.5. The van der Waals surface area contributed by atoms with Crippen molar-refractivity contribution in [2.75, 3.05) is 0 Å². The standard InChI is InChI=1S/C17H12F4N2O/c1-11-22-8-9-23(11)12-2-4-13(5-3-12)24-14-6-7-16(18)15(10-14)17(19,20)21/h2-10H,1H3. The molecule has 0 saturated heterocycles. The maximum atomic E-state index is 13.3. The lowest BCUT2D eigenvalue weighted by atomic mass is 10.2. The monoisotopic (exact) mass is 336 g/mol. The smallest absolute Gasteiger partial charge is 0.419 e. The van der Waals surface area contributed by atoms with Crippen LogP contribution in [-0.4, -0.2) is 9.55 Å². The third kappa shape index (κ3) is 3.24. The van der Waals surface area contributed by atoms with Gasteiger partial charge in [-0.25, -0.2) is 9.37 Å². The van der Waals surface area contributed by atoms with Crippen LogP contribution in [0, 0.1) is 12.7 Å². The van der Waals surface area contributed by atoms with E-state index in [9.17, 15) is 17.6 Å². The zero-order valence-corrected chi connectivity index (χ0v) is 12.5. The number of hydrogen-bond donors (Lipinski definition) is 0. The van der Waals surface area contributed by atoms with E-state index in [1.165, 1.54) is 0 Å². The van der Waals surface area contributed by atoms with Gasteiger partial charge in [0, 0.05) is 18.1 Å². The van der Waals surface area contributed by atoms with Crippen LogP contribution in [0.3, 0.4) is 0 Å². The van der Waals surface area contributed by atoms with Gasteiger partial charge >= 0.3 is 6.18 Å². The van der Waals surface area contributed by atoms with Gasteiger partial charge in [0.05, 0.1) is 5.56 Å². The molecule has 3 rings (SSSR count). The average Bonchev–Trinajstić information content (AvgIpc) is 2.95. The van der Waals surface area contributed by atoms with Crippen molar-refractivity contribution in [3.05, 3.63) is 72.1 Å². The summed E-state index contributed by atoms with van der Waals surface area (Å²) in [6.45, 7) is 1.85. The Morgan fingerprint density at radius 2 is 1.67 bits per heavy atom. The first kappa shape index (κ1) is 16.0. The van der Waals surface area contributed by atoms with E-state index in [2.05, 4.69) is 4.98 Å². The molecule has 1 aromatic heterocycles. The molecule has 3 aromatic rings. The molecule has 24 heavy (non-hydrogen) atoms. The molecular weight excluding hydrogens is 324 g/mol. The normalized spacial score (nSPS) is 11.5. The number of alkyl halides is 3. The molecule has 0 aliphatic heterocycles. The topological polar surface area (TPSA) is 27.1 Å². The number of imidazole rings is 1. The van der Waals surface area contributed by atoms with E-state index in [0.29, 0.717) is 11.8 Å². The van der Waals surface area contributed by atoms with Gasteiger partial charge in [0.15, 0.2) is 0 Å². The summed E-state index contributed by atoms with van der Waals surface area (Å²) in [5.74, 6) is -0.274. The highest BCUT2D eigenvalue weighted by molar-refractivity contribution is 5.41. The van der Waals surface area contributed by atoms with Gasteiger partial charge in [-0.2, -0.15) is 13.2 Å².